The number of amides is 1. The molecule has 2 heterocycles. The number of pyridine rings is 1. The van der Waals surface area contributed by atoms with Gasteiger partial charge in [-0.3, -0.25) is 4.79 Å². The Kier molecular flexibility index (Phi) is 3.65. The summed E-state index contributed by atoms with van der Waals surface area (Å²) in [6, 6.07) is 4.89. The lowest BCUT2D eigenvalue weighted by Gasteiger charge is -2.10. The first kappa shape index (κ1) is 12.2. The zero-order valence-corrected chi connectivity index (χ0v) is 10.4. The number of nitriles is 1. The van der Waals surface area contributed by atoms with E-state index in [1.54, 1.807) is 12.3 Å². The van der Waals surface area contributed by atoms with Crippen LogP contribution < -0.4 is 5.32 Å². The number of hydrogen-bond acceptors (Lipinski definition) is 5. The molecule has 1 atom stereocenters. The van der Waals surface area contributed by atoms with Crippen LogP contribution in [0.15, 0.2) is 29.9 Å². The average molecular weight is 258 g/mol. The number of carbonyl (C=O) groups excluding carboxylic acids is 1. The van der Waals surface area contributed by atoms with Crippen LogP contribution in [-0.2, 0) is 0 Å². The van der Waals surface area contributed by atoms with Crippen LogP contribution in [0.2, 0.25) is 0 Å². The van der Waals surface area contributed by atoms with E-state index in [1.165, 1.54) is 23.6 Å². The molecule has 1 N–H and O–H groups in total. The van der Waals surface area contributed by atoms with E-state index in [9.17, 15) is 4.79 Å². The summed E-state index contributed by atoms with van der Waals surface area (Å²) >= 11 is 1.48. The third-order valence-electron chi connectivity index (χ3n) is 2.29. The topological polar surface area (TPSA) is 78.7 Å². The van der Waals surface area contributed by atoms with Crippen LogP contribution in [0.3, 0.4) is 0 Å². The Labute approximate surface area is 108 Å². The molecule has 2 aromatic rings. The van der Waals surface area contributed by atoms with E-state index in [0.29, 0.717) is 5.56 Å². The van der Waals surface area contributed by atoms with E-state index in [-0.39, 0.29) is 17.6 Å². The number of carbonyl (C=O) groups is 1. The summed E-state index contributed by atoms with van der Waals surface area (Å²) in [5.41, 5.74) is 0.719. The van der Waals surface area contributed by atoms with Gasteiger partial charge in [0.1, 0.15) is 16.8 Å². The molecule has 0 aliphatic heterocycles. The van der Waals surface area contributed by atoms with E-state index in [2.05, 4.69) is 15.3 Å². The highest BCUT2D eigenvalue weighted by molar-refractivity contribution is 7.09. The fraction of sp³-hybridized carbons (Fsp3) is 0.167. The van der Waals surface area contributed by atoms with Crippen molar-refractivity contribution in [2.45, 2.75) is 13.0 Å². The molecular formula is C12H10N4OS. The Hall–Kier alpha value is -2.26. The van der Waals surface area contributed by atoms with Crippen molar-refractivity contribution in [3.63, 3.8) is 0 Å². The van der Waals surface area contributed by atoms with Crippen LogP contribution in [0, 0.1) is 11.3 Å². The lowest BCUT2D eigenvalue weighted by molar-refractivity contribution is 0.0935. The van der Waals surface area contributed by atoms with Gasteiger partial charge in [-0.15, -0.1) is 11.3 Å². The predicted octanol–water partition coefficient (Wildman–Crippen LogP) is 1.90. The van der Waals surface area contributed by atoms with Gasteiger partial charge in [0, 0.05) is 17.8 Å². The molecular weight excluding hydrogens is 248 g/mol. The van der Waals surface area contributed by atoms with E-state index >= 15 is 0 Å². The molecule has 0 fully saturated rings. The highest BCUT2D eigenvalue weighted by Crippen LogP contribution is 2.15. The third-order valence-corrected chi connectivity index (χ3v) is 3.25. The highest BCUT2D eigenvalue weighted by atomic mass is 32.1. The number of rotatable bonds is 3. The van der Waals surface area contributed by atoms with Crippen molar-refractivity contribution in [2.75, 3.05) is 0 Å². The lowest BCUT2D eigenvalue weighted by atomic mass is 10.2. The van der Waals surface area contributed by atoms with E-state index in [4.69, 9.17) is 5.26 Å². The highest BCUT2D eigenvalue weighted by Gasteiger charge is 2.13. The molecule has 0 saturated carbocycles. The second kappa shape index (κ2) is 5.38. The molecule has 2 aromatic heterocycles. The van der Waals surface area contributed by atoms with E-state index in [1.807, 2.05) is 18.4 Å². The van der Waals surface area contributed by atoms with E-state index in [0.717, 1.165) is 5.01 Å². The van der Waals surface area contributed by atoms with Crippen molar-refractivity contribution < 1.29 is 4.79 Å². The molecule has 0 radical (unpaired) electrons. The van der Waals surface area contributed by atoms with Crippen LogP contribution in [0.4, 0.5) is 0 Å². The van der Waals surface area contributed by atoms with Crippen molar-refractivity contribution in [1.82, 2.24) is 15.3 Å². The fourth-order valence-electron chi connectivity index (χ4n) is 1.37. The van der Waals surface area contributed by atoms with Gasteiger partial charge >= 0.3 is 0 Å². The largest absolute Gasteiger partial charge is 0.342 e. The molecule has 0 aliphatic carbocycles. The van der Waals surface area contributed by atoms with Crippen molar-refractivity contribution in [3.8, 4) is 6.07 Å². The van der Waals surface area contributed by atoms with Crippen LogP contribution >= 0.6 is 11.3 Å². The van der Waals surface area contributed by atoms with Gasteiger partial charge in [-0.1, -0.05) is 0 Å². The summed E-state index contributed by atoms with van der Waals surface area (Å²) < 4.78 is 0. The predicted molar refractivity (Wildman–Crippen MR) is 66.9 cm³/mol. The number of aromatic nitrogens is 2. The van der Waals surface area contributed by atoms with Gasteiger partial charge in [-0.05, 0) is 19.1 Å². The Balaban J connectivity index is 2.05. The molecule has 18 heavy (non-hydrogen) atoms. The molecule has 1 amide bonds. The number of hydrogen-bond donors (Lipinski definition) is 1. The quantitative estimate of drug-likeness (QED) is 0.912. The van der Waals surface area contributed by atoms with Crippen LogP contribution in [0.25, 0.3) is 0 Å². The summed E-state index contributed by atoms with van der Waals surface area (Å²) in [6.45, 7) is 1.86. The zero-order valence-electron chi connectivity index (χ0n) is 9.62. The first-order valence-corrected chi connectivity index (χ1v) is 6.15. The summed E-state index contributed by atoms with van der Waals surface area (Å²) in [4.78, 5) is 19.9. The molecule has 6 heteroatoms. The number of thiazole rings is 1. The second-order valence-electron chi connectivity index (χ2n) is 3.61. The summed E-state index contributed by atoms with van der Waals surface area (Å²) in [5, 5.41) is 14.1. The Bertz CT molecular complexity index is 571. The van der Waals surface area contributed by atoms with Gasteiger partial charge in [0.25, 0.3) is 5.91 Å². The van der Waals surface area contributed by atoms with Gasteiger partial charge in [0.05, 0.1) is 11.6 Å². The molecule has 0 bridgehead atoms. The van der Waals surface area contributed by atoms with Crippen LogP contribution in [0.5, 0.6) is 0 Å². The minimum atomic E-state index is -0.276. The number of nitrogens with one attached hydrogen (secondary N) is 1. The Morgan fingerprint density at radius 2 is 2.33 bits per heavy atom. The minimum absolute atomic E-state index is 0.157. The maximum atomic E-state index is 11.9. The summed E-state index contributed by atoms with van der Waals surface area (Å²) in [6.07, 6.45) is 3.07. The normalized spacial score (nSPS) is 11.6. The maximum Gasteiger partial charge on any atom is 0.270 e. The fourth-order valence-corrected chi connectivity index (χ4v) is 2.02. The molecule has 0 saturated heterocycles. The average Bonchev–Trinajstić information content (AvgIpc) is 2.92. The smallest absolute Gasteiger partial charge is 0.270 e. The van der Waals surface area contributed by atoms with E-state index < -0.39 is 0 Å². The van der Waals surface area contributed by atoms with Gasteiger partial charge in [-0.25, -0.2) is 9.97 Å². The third kappa shape index (κ3) is 2.70. The molecule has 1 unspecified atom stereocenters. The van der Waals surface area contributed by atoms with Crippen molar-refractivity contribution in [2.24, 2.45) is 0 Å². The molecule has 0 spiro atoms. The molecule has 0 aromatic carbocycles. The standard InChI is InChI=1S/C12H10N4OS/c1-8(12-14-4-5-18-12)16-11(17)10-3-2-9(6-13)7-15-10/h2-5,7-8H,1H3,(H,16,17). The van der Waals surface area contributed by atoms with Crippen LogP contribution in [-0.4, -0.2) is 15.9 Å². The number of nitrogens with zero attached hydrogens (tertiary/aromatic N) is 3. The summed E-state index contributed by atoms with van der Waals surface area (Å²) in [5.74, 6) is -0.276. The van der Waals surface area contributed by atoms with Gasteiger partial charge < -0.3 is 5.32 Å². The first-order chi connectivity index (χ1) is 8.70. The minimum Gasteiger partial charge on any atom is -0.342 e. The van der Waals surface area contributed by atoms with Gasteiger partial charge in [0.15, 0.2) is 0 Å². The zero-order chi connectivity index (χ0) is 13.0. The Morgan fingerprint density at radius 3 is 2.89 bits per heavy atom. The Morgan fingerprint density at radius 1 is 1.50 bits per heavy atom. The molecule has 5 nitrogen and oxygen atoms in total. The SMILES string of the molecule is CC(NC(=O)c1ccc(C#N)cn1)c1nccs1. The van der Waals surface area contributed by atoms with Gasteiger partial charge in [0.2, 0.25) is 0 Å². The lowest BCUT2D eigenvalue weighted by Crippen LogP contribution is -2.27. The monoisotopic (exact) mass is 258 g/mol. The van der Waals surface area contributed by atoms with Crippen molar-refractivity contribution >= 4 is 17.2 Å². The maximum absolute atomic E-state index is 11.9. The molecule has 0 aliphatic rings. The summed E-state index contributed by atoms with van der Waals surface area (Å²) in [7, 11) is 0. The van der Waals surface area contributed by atoms with Crippen molar-refractivity contribution in [1.29, 1.82) is 5.26 Å². The molecule has 2 rings (SSSR count). The second-order valence-corrected chi connectivity index (χ2v) is 4.54. The molecule has 90 valence electrons. The van der Waals surface area contributed by atoms with Crippen LogP contribution in [0.1, 0.15) is 34.0 Å². The first-order valence-electron chi connectivity index (χ1n) is 5.27. The van der Waals surface area contributed by atoms with Crippen molar-refractivity contribution in [3.05, 3.63) is 46.2 Å². The van der Waals surface area contributed by atoms with Gasteiger partial charge in [-0.2, -0.15) is 5.26 Å².